The number of methoxy groups -OCH3 is 1. The SMILES string of the molecule is COC1(CC(=O)Nc2ccc(C)cc2N)CCC1. The monoisotopic (exact) mass is 248 g/mol. The summed E-state index contributed by atoms with van der Waals surface area (Å²) in [6.07, 6.45) is 3.45. The number of nitrogens with one attached hydrogen (secondary N) is 1. The second-order valence-corrected chi connectivity index (χ2v) is 5.06. The molecule has 2 rings (SSSR count). The van der Waals surface area contributed by atoms with Crippen molar-refractivity contribution in [3.05, 3.63) is 23.8 Å². The van der Waals surface area contributed by atoms with Crippen LogP contribution in [0.4, 0.5) is 11.4 Å². The third-order valence-corrected chi connectivity index (χ3v) is 3.66. The van der Waals surface area contributed by atoms with Crippen LogP contribution in [0.2, 0.25) is 0 Å². The van der Waals surface area contributed by atoms with Crippen molar-refractivity contribution in [2.24, 2.45) is 0 Å². The highest BCUT2D eigenvalue weighted by Gasteiger charge is 2.39. The van der Waals surface area contributed by atoms with E-state index in [4.69, 9.17) is 10.5 Å². The third kappa shape index (κ3) is 2.64. The summed E-state index contributed by atoms with van der Waals surface area (Å²) in [5, 5.41) is 2.85. The van der Waals surface area contributed by atoms with Gasteiger partial charge in [-0.3, -0.25) is 4.79 Å². The Morgan fingerprint density at radius 3 is 2.72 bits per heavy atom. The van der Waals surface area contributed by atoms with Gasteiger partial charge in [-0.2, -0.15) is 0 Å². The minimum absolute atomic E-state index is 0.0351. The molecule has 0 saturated heterocycles. The topological polar surface area (TPSA) is 64.3 Å². The molecule has 18 heavy (non-hydrogen) atoms. The number of nitrogen functional groups attached to an aromatic ring is 1. The number of hydrogen-bond donors (Lipinski definition) is 2. The van der Waals surface area contributed by atoms with E-state index in [0.717, 1.165) is 24.8 Å². The molecule has 98 valence electrons. The molecule has 0 aromatic heterocycles. The molecule has 0 bridgehead atoms. The first kappa shape index (κ1) is 12.9. The van der Waals surface area contributed by atoms with E-state index in [9.17, 15) is 4.79 Å². The summed E-state index contributed by atoms with van der Waals surface area (Å²) in [4.78, 5) is 12.0. The predicted octanol–water partition coefficient (Wildman–Crippen LogP) is 2.47. The fraction of sp³-hybridized carbons (Fsp3) is 0.500. The molecular weight excluding hydrogens is 228 g/mol. The third-order valence-electron chi connectivity index (χ3n) is 3.66. The van der Waals surface area contributed by atoms with Crippen LogP contribution in [0.1, 0.15) is 31.2 Å². The maximum absolute atomic E-state index is 12.0. The van der Waals surface area contributed by atoms with Crippen LogP contribution < -0.4 is 11.1 Å². The van der Waals surface area contributed by atoms with Crippen LogP contribution in [-0.2, 0) is 9.53 Å². The van der Waals surface area contributed by atoms with E-state index in [1.807, 2.05) is 25.1 Å². The van der Waals surface area contributed by atoms with Gasteiger partial charge in [-0.15, -0.1) is 0 Å². The first-order valence-electron chi connectivity index (χ1n) is 6.26. The van der Waals surface area contributed by atoms with Crippen LogP contribution in [0.25, 0.3) is 0 Å². The highest BCUT2D eigenvalue weighted by Crippen LogP contribution is 2.38. The molecule has 4 nitrogen and oxygen atoms in total. The number of benzene rings is 1. The van der Waals surface area contributed by atoms with E-state index in [-0.39, 0.29) is 11.5 Å². The molecule has 1 fully saturated rings. The Morgan fingerprint density at radius 1 is 1.50 bits per heavy atom. The van der Waals surface area contributed by atoms with Gasteiger partial charge in [-0.1, -0.05) is 6.07 Å². The Balaban J connectivity index is 1.98. The number of carbonyl (C=O) groups is 1. The second kappa shape index (κ2) is 4.98. The molecule has 3 N–H and O–H groups in total. The van der Waals surface area contributed by atoms with Crippen molar-refractivity contribution in [2.45, 2.75) is 38.2 Å². The van der Waals surface area contributed by atoms with Gasteiger partial charge in [-0.05, 0) is 43.9 Å². The van der Waals surface area contributed by atoms with E-state index in [1.165, 1.54) is 0 Å². The first-order valence-corrected chi connectivity index (χ1v) is 6.26. The van der Waals surface area contributed by atoms with Gasteiger partial charge in [0.25, 0.3) is 0 Å². The summed E-state index contributed by atoms with van der Waals surface area (Å²) in [6.45, 7) is 1.97. The Labute approximate surface area is 108 Å². The molecule has 1 saturated carbocycles. The Hall–Kier alpha value is -1.55. The van der Waals surface area contributed by atoms with E-state index >= 15 is 0 Å². The zero-order valence-corrected chi connectivity index (χ0v) is 11.0. The predicted molar refractivity (Wildman–Crippen MR) is 72.4 cm³/mol. The zero-order chi connectivity index (χ0) is 13.2. The largest absolute Gasteiger partial charge is 0.397 e. The van der Waals surface area contributed by atoms with E-state index in [0.29, 0.717) is 17.8 Å². The molecule has 0 radical (unpaired) electrons. The number of carbonyl (C=O) groups excluding carboxylic acids is 1. The van der Waals surface area contributed by atoms with Crippen molar-refractivity contribution >= 4 is 17.3 Å². The maximum atomic E-state index is 12.0. The maximum Gasteiger partial charge on any atom is 0.227 e. The van der Waals surface area contributed by atoms with Crippen LogP contribution in [-0.4, -0.2) is 18.6 Å². The number of amides is 1. The number of nitrogens with two attached hydrogens (primary N) is 1. The van der Waals surface area contributed by atoms with Gasteiger partial charge >= 0.3 is 0 Å². The van der Waals surface area contributed by atoms with Crippen LogP contribution >= 0.6 is 0 Å². The van der Waals surface area contributed by atoms with Gasteiger partial charge in [0.05, 0.1) is 23.4 Å². The molecule has 1 aliphatic rings. The van der Waals surface area contributed by atoms with Crippen LogP contribution in [0, 0.1) is 6.92 Å². The van der Waals surface area contributed by atoms with Crippen LogP contribution in [0.3, 0.4) is 0 Å². The lowest BCUT2D eigenvalue weighted by molar-refractivity contribution is -0.129. The summed E-state index contributed by atoms with van der Waals surface area (Å²) in [6, 6.07) is 5.62. The molecule has 1 amide bonds. The minimum atomic E-state index is -0.246. The van der Waals surface area contributed by atoms with Gasteiger partial charge in [-0.25, -0.2) is 0 Å². The molecule has 0 aliphatic heterocycles. The quantitative estimate of drug-likeness (QED) is 0.804. The van der Waals surface area contributed by atoms with E-state index in [1.54, 1.807) is 7.11 Å². The second-order valence-electron chi connectivity index (χ2n) is 5.06. The van der Waals surface area contributed by atoms with Crippen LogP contribution in [0.15, 0.2) is 18.2 Å². The molecule has 1 aliphatic carbocycles. The Bertz CT molecular complexity index is 448. The van der Waals surface area contributed by atoms with Crippen molar-refractivity contribution in [3.63, 3.8) is 0 Å². The van der Waals surface area contributed by atoms with E-state index < -0.39 is 0 Å². The normalized spacial score (nSPS) is 17.0. The van der Waals surface area contributed by atoms with Gasteiger partial charge in [0.2, 0.25) is 5.91 Å². The summed E-state index contributed by atoms with van der Waals surface area (Å²) >= 11 is 0. The fourth-order valence-electron chi connectivity index (χ4n) is 2.31. The molecular formula is C14H20N2O2. The van der Waals surface area contributed by atoms with Gasteiger partial charge in [0, 0.05) is 7.11 Å². The highest BCUT2D eigenvalue weighted by molar-refractivity contribution is 5.94. The standard InChI is InChI=1S/C14H20N2O2/c1-10-4-5-12(11(15)8-10)16-13(17)9-14(18-2)6-3-7-14/h4-5,8H,3,6-7,9,15H2,1-2H3,(H,16,17). The molecule has 0 spiro atoms. The summed E-state index contributed by atoms with van der Waals surface area (Å²) in [7, 11) is 1.67. The number of rotatable bonds is 4. The smallest absolute Gasteiger partial charge is 0.227 e. The number of anilines is 2. The lowest BCUT2D eigenvalue weighted by atomic mass is 9.77. The first-order chi connectivity index (χ1) is 8.54. The van der Waals surface area contributed by atoms with Gasteiger partial charge in [0.1, 0.15) is 0 Å². The molecule has 4 heteroatoms. The lowest BCUT2D eigenvalue weighted by Crippen LogP contribution is -2.42. The average Bonchev–Trinajstić information content (AvgIpc) is 2.27. The fourth-order valence-corrected chi connectivity index (χ4v) is 2.31. The Morgan fingerprint density at radius 2 is 2.22 bits per heavy atom. The number of ether oxygens (including phenoxy) is 1. The van der Waals surface area contributed by atoms with E-state index in [2.05, 4.69) is 5.32 Å². The van der Waals surface area contributed by atoms with Crippen molar-refractivity contribution in [1.29, 1.82) is 0 Å². The molecule has 0 atom stereocenters. The van der Waals surface area contributed by atoms with Crippen LogP contribution in [0.5, 0.6) is 0 Å². The highest BCUT2D eigenvalue weighted by atomic mass is 16.5. The molecule has 0 unspecified atom stereocenters. The van der Waals surface area contributed by atoms with Crippen molar-refractivity contribution in [3.8, 4) is 0 Å². The molecule has 0 heterocycles. The van der Waals surface area contributed by atoms with Crippen molar-refractivity contribution < 1.29 is 9.53 Å². The summed E-state index contributed by atoms with van der Waals surface area (Å²) in [5.74, 6) is -0.0351. The molecule has 1 aromatic rings. The van der Waals surface area contributed by atoms with Gasteiger partial charge < -0.3 is 15.8 Å². The number of hydrogen-bond acceptors (Lipinski definition) is 3. The summed E-state index contributed by atoms with van der Waals surface area (Å²) in [5.41, 5.74) is 7.98. The molecule has 1 aromatic carbocycles. The summed E-state index contributed by atoms with van der Waals surface area (Å²) < 4.78 is 5.44. The minimum Gasteiger partial charge on any atom is -0.397 e. The average molecular weight is 248 g/mol. The lowest BCUT2D eigenvalue weighted by Gasteiger charge is -2.39. The Kier molecular flexibility index (Phi) is 3.57. The number of aryl methyl sites for hydroxylation is 1. The van der Waals surface area contributed by atoms with Crippen molar-refractivity contribution in [2.75, 3.05) is 18.2 Å². The zero-order valence-electron chi connectivity index (χ0n) is 11.0. The van der Waals surface area contributed by atoms with Gasteiger partial charge in [0.15, 0.2) is 0 Å². The van der Waals surface area contributed by atoms with Crippen molar-refractivity contribution in [1.82, 2.24) is 0 Å².